The van der Waals surface area contributed by atoms with Gasteiger partial charge in [0.2, 0.25) is 0 Å². The Balaban J connectivity index is 2.31. The highest BCUT2D eigenvalue weighted by atomic mass is 35.5. The first-order chi connectivity index (χ1) is 9.00. The van der Waals surface area contributed by atoms with Crippen molar-refractivity contribution in [2.45, 2.75) is 26.4 Å². The molecule has 1 atom stereocenters. The molecule has 3 heteroatoms. The number of halogens is 2. The van der Waals surface area contributed by atoms with Crippen LogP contribution in [0.3, 0.4) is 0 Å². The molecule has 0 aliphatic carbocycles. The van der Waals surface area contributed by atoms with Crippen molar-refractivity contribution in [2.24, 2.45) is 0 Å². The van der Waals surface area contributed by atoms with E-state index >= 15 is 0 Å². The van der Waals surface area contributed by atoms with Crippen LogP contribution in [0.25, 0.3) is 0 Å². The van der Waals surface area contributed by atoms with Gasteiger partial charge in [0, 0.05) is 12.0 Å². The molecule has 19 heavy (non-hydrogen) atoms. The lowest BCUT2D eigenvalue weighted by Gasteiger charge is -2.16. The van der Waals surface area contributed by atoms with Gasteiger partial charge >= 0.3 is 0 Å². The SMILES string of the molecule is Cc1cccc(C)c1CC(O)c1cccc(Cl)c1F. The number of aliphatic hydroxyl groups is 1. The van der Waals surface area contributed by atoms with Crippen molar-refractivity contribution in [2.75, 3.05) is 0 Å². The maximum absolute atomic E-state index is 13.9. The molecule has 2 aromatic rings. The third-order valence-corrected chi connectivity index (χ3v) is 3.67. The zero-order chi connectivity index (χ0) is 14.0. The van der Waals surface area contributed by atoms with E-state index < -0.39 is 11.9 Å². The molecule has 0 aliphatic heterocycles. The molecule has 0 bridgehead atoms. The maximum atomic E-state index is 13.9. The predicted octanol–water partition coefficient (Wildman–Crippen LogP) is 4.37. The smallest absolute Gasteiger partial charge is 0.147 e. The van der Waals surface area contributed by atoms with Crippen LogP contribution >= 0.6 is 11.6 Å². The van der Waals surface area contributed by atoms with Crippen molar-refractivity contribution in [1.82, 2.24) is 0 Å². The van der Waals surface area contributed by atoms with Gasteiger partial charge in [0.1, 0.15) is 5.82 Å². The third kappa shape index (κ3) is 2.96. The molecule has 0 aliphatic rings. The van der Waals surface area contributed by atoms with Crippen LogP contribution in [0.1, 0.15) is 28.4 Å². The van der Waals surface area contributed by atoms with Gasteiger partial charge in [-0.3, -0.25) is 0 Å². The lowest BCUT2D eigenvalue weighted by molar-refractivity contribution is 0.173. The lowest BCUT2D eigenvalue weighted by Crippen LogP contribution is -2.07. The Labute approximate surface area is 117 Å². The van der Waals surface area contributed by atoms with Crippen LogP contribution in [-0.4, -0.2) is 5.11 Å². The highest BCUT2D eigenvalue weighted by Crippen LogP contribution is 2.27. The number of benzene rings is 2. The van der Waals surface area contributed by atoms with E-state index in [-0.39, 0.29) is 10.6 Å². The summed E-state index contributed by atoms with van der Waals surface area (Å²) in [5, 5.41) is 10.3. The van der Waals surface area contributed by atoms with Crippen molar-refractivity contribution in [3.8, 4) is 0 Å². The minimum atomic E-state index is -0.890. The van der Waals surface area contributed by atoms with Crippen molar-refractivity contribution >= 4 is 11.6 Å². The molecule has 0 radical (unpaired) electrons. The van der Waals surface area contributed by atoms with Crippen LogP contribution in [0.15, 0.2) is 36.4 Å². The Kier molecular flexibility index (Phi) is 4.23. The number of rotatable bonds is 3. The summed E-state index contributed by atoms with van der Waals surface area (Å²) in [5.41, 5.74) is 3.49. The number of aryl methyl sites for hydroxylation is 2. The van der Waals surface area contributed by atoms with Gasteiger partial charge in [0.15, 0.2) is 0 Å². The van der Waals surface area contributed by atoms with E-state index in [2.05, 4.69) is 0 Å². The van der Waals surface area contributed by atoms with Gasteiger partial charge in [-0.25, -0.2) is 4.39 Å². The Hall–Kier alpha value is -1.38. The summed E-state index contributed by atoms with van der Waals surface area (Å²) in [7, 11) is 0. The first-order valence-electron chi connectivity index (χ1n) is 6.17. The average molecular weight is 279 g/mol. The first kappa shape index (κ1) is 14.0. The van der Waals surface area contributed by atoms with Gasteiger partial charge in [-0.15, -0.1) is 0 Å². The van der Waals surface area contributed by atoms with Crippen molar-refractivity contribution in [3.63, 3.8) is 0 Å². The van der Waals surface area contributed by atoms with Crippen LogP contribution in [-0.2, 0) is 6.42 Å². The van der Waals surface area contributed by atoms with E-state index in [9.17, 15) is 9.50 Å². The highest BCUT2D eigenvalue weighted by Gasteiger charge is 2.17. The normalized spacial score (nSPS) is 12.5. The van der Waals surface area contributed by atoms with E-state index in [1.165, 1.54) is 6.07 Å². The Morgan fingerprint density at radius 3 is 2.32 bits per heavy atom. The molecule has 2 aromatic carbocycles. The Morgan fingerprint density at radius 1 is 1.11 bits per heavy atom. The topological polar surface area (TPSA) is 20.2 Å². The minimum absolute atomic E-state index is 0.0399. The van der Waals surface area contributed by atoms with E-state index in [0.29, 0.717) is 6.42 Å². The van der Waals surface area contributed by atoms with Crippen molar-refractivity contribution < 1.29 is 9.50 Å². The fraction of sp³-hybridized carbons (Fsp3) is 0.250. The van der Waals surface area contributed by atoms with E-state index in [4.69, 9.17) is 11.6 Å². The van der Waals surface area contributed by atoms with E-state index in [0.717, 1.165) is 16.7 Å². The molecule has 1 unspecified atom stereocenters. The molecule has 1 nitrogen and oxygen atoms in total. The molecule has 100 valence electrons. The summed E-state index contributed by atoms with van der Waals surface area (Å²) >= 11 is 5.74. The molecule has 2 rings (SSSR count). The first-order valence-corrected chi connectivity index (χ1v) is 6.55. The average Bonchev–Trinajstić information content (AvgIpc) is 2.37. The molecule has 0 spiro atoms. The van der Waals surface area contributed by atoms with Gasteiger partial charge < -0.3 is 5.11 Å². The number of aliphatic hydroxyl groups excluding tert-OH is 1. The van der Waals surface area contributed by atoms with Gasteiger partial charge in [-0.05, 0) is 36.6 Å². The zero-order valence-electron chi connectivity index (χ0n) is 11.0. The number of hydrogen-bond donors (Lipinski definition) is 1. The summed E-state index contributed by atoms with van der Waals surface area (Å²) in [5.74, 6) is -0.539. The van der Waals surface area contributed by atoms with Crippen LogP contribution in [0.2, 0.25) is 5.02 Å². The molecule has 0 saturated carbocycles. The summed E-state index contributed by atoms with van der Waals surface area (Å²) in [4.78, 5) is 0. The fourth-order valence-corrected chi connectivity index (χ4v) is 2.43. The van der Waals surface area contributed by atoms with E-state index in [1.54, 1.807) is 12.1 Å². The maximum Gasteiger partial charge on any atom is 0.147 e. The predicted molar refractivity (Wildman–Crippen MR) is 76.0 cm³/mol. The summed E-state index contributed by atoms with van der Waals surface area (Å²) in [6, 6.07) is 10.6. The van der Waals surface area contributed by atoms with Crippen LogP contribution in [0.5, 0.6) is 0 Å². The van der Waals surface area contributed by atoms with Crippen molar-refractivity contribution in [1.29, 1.82) is 0 Å². The summed E-state index contributed by atoms with van der Waals surface area (Å²) in [6.45, 7) is 3.98. The second-order valence-corrected chi connectivity index (χ2v) is 5.14. The molecular weight excluding hydrogens is 263 g/mol. The molecule has 0 amide bonds. The van der Waals surface area contributed by atoms with Gasteiger partial charge in [0.05, 0.1) is 11.1 Å². The molecule has 1 N–H and O–H groups in total. The van der Waals surface area contributed by atoms with Gasteiger partial charge in [-0.2, -0.15) is 0 Å². The van der Waals surface area contributed by atoms with Crippen LogP contribution < -0.4 is 0 Å². The Morgan fingerprint density at radius 2 is 1.68 bits per heavy atom. The van der Waals surface area contributed by atoms with Crippen molar-refractivity contribution in [3.05, 3.63) is 69.5 Å². The third-order valence-electron chi connectivity index (χ3n) is 3.38. The van der Waals surface area contributed by atoms with Gasteiger partial charge in [0.25, 0.3) is 0 Å². The summed E-state index contributed by atoms with van der Waals surface area (Å²) < 4.78 is 13.9. The minimum Gasteiger partial charge on any atom is -0.388 e. The highest BCUT2D eigenvalue weighted by molar-refractivity contribution is 6.30. The molecule has 0 fully saturated rings. The standard InChI is InChI=1S/C16H16ClFO/c1-10-5-3-6-11(2)13(10)9-15(19)12-7-4-8-14(17)16(12)18/h3-8,15,19H,9H2,1-2H3. The second kappa shape index (κ2) is 5.72. The van der Waals surface area contributed by atoms with Crippen LogP contribution in [0.4, 0.5) is 4.39 Å². The Bertz CT molecular complexity index is 575. The summed E-state index contributed by atoms with van der Waals surface area (Å²) in [6.07, 6.45) is -0.506. The zero-order valence-corrected chi connectivity index (χ0v) is 11.7. The fourth-order valence-electron chi connectivity index (χ4n) is 2.25. The molecule has 0 heterocycles. The molecular formula is C16H16ClFO. The lowest BCUT2D eigenvalue weighted by atomic mass is 9.94. The van der Waals surface area contributed by atoms with Gasteiger partial charge in [-0.1, -0.05) is 41.9 Å². The monoisotopic (exact) mass is 278 g/mol. The quantitative estimate of drug-likeness (QED) is 0.884. The molecule has 0 aromatic heterocycles. The largest absolute Gasteiger partial charge is 0.388 e. The van der Waals surface area contributed by atoms with E-state index in [1.807, 2.05) is 32.0 Å². The second-order valence-electron chi connectivity index (χ2n) is 4.73. The molecule has 0 saturated heterocycles. The number of hydrogen-bond acceptors (Lipinski definition) is 1. The van der Waals surface area contributed by atoms with Crippen LogP contribution in [0, 0.1) is 19.7 Å².